The topological polar surface area (TPSA) is 81.9 Å². The van der Waals surface area contributed by atoms with E-state index in [0.29, 0.717) is 19.7 Å². The molecular formula is C13H15ClN2O5. The number of morpholine rings is 1. The second-order valence-electron chi connectivity index (χ2n) is 4.58. The quantitative estimate of drug-likeness (QED) is 0.486. The lowest BCUT2D eigenvalue weighted by molar-refractivity contribution is -0.384. The first-order chi connectivity index (χ1) is 9.97. The summed E-state index contributed by atoms with van der Waals surface area (Å²) in [6.07, 6.45) is -0.828. The second-order valence-corrected chi connectivity index (χ2v) is 5.20. The van der Waals surface area contributed by atoms with Crippen molar-refractivity contribution < 1.29 is 19.2 Å². The Balaban J connectivity index is 2.03. The van der Waals surface area contributed by atoms with Crippen LogP contribution >= 0.6 is 11.6 Å². The number of nitrogens with zero attached hydrogens (tertiary/aromatic N) is 2. The molecule has 8 heteroatoms. The lowest BCUT2D eigenvalue weighted by atomic mass is 10.1. The van der Waals surface area contributed by atoms with Crippen molar-refractivity contribution in [2.24, 2.45) is 0 Å². The summed E-state index contributed by atoms with van der Waals surface area (Å²) >= 11 is 5.63. The first-order valence-corrected chi connectivity index (χ1v) is 6.86. The SMILES string of the molecule is CC(Cl)OC(=O)N1CCO[C@H](c2ccc([N+](=O)[O-])cc2)C1. The molecular weight excluding hydrogens is 300 g/mol. The number of ether oxygens (including phenoxy) is 2. The zero-order valence-corrected chi connectivity index (χ0v) is 12.2. The molecule has 7 nitrogen and oxygen atoms in total. The van der Waals surface area contributed by atoms with Gasteiger partial charge in [-0.2, -0.15) is 0 Å². The molecule has 0 aliphatic carbocycles. The summed E-state index contributed by atoms with van der Waals surface area (Å²) in [4.78, 5) is 23.5. The first-order valence-electron chi connectivity index (χ1n) is 6.43. The van der Waals surface area contributed by atoms with Crippen LogP contribution < -0.4 is 0 Å². The van der Waals surface area contributed by atoms with Gasteiger partial charge in [-0.15, -0.1) is 0 Å². The Morgan fingerprint density at radius 3 is 2.76 bits per heavy atom. The Morgan fingerprint density at radius 2 is 2.19 bits per heavy atom. The van der Waals surface area contributed by atoms with Crippen LogP contribution in [0.5, 0.6) is 0 Å². The van der Waals surface area contributed by atoms with Crippen molar-refractivity contribution in [1.29, 1.82) is 0 Å². The van der Waals surface area contributed by atoms with Gasteiger partial charge in [0.1, 0.15) is 6.10 Å². The minimum absolute atomic E-state index is 0.0155. The average Bonchev–Trinajstić information content (AvgIpc) is 2.47. The molecule has 0 aromatic heterocycles. The Labute approximate surface area is 126 Å². The summed E-state index contributed by atoms with van der Waals surface area (Å²) in [6, 6.07) is 6.08. The Bertz CT molecular complexity index is 520. The largest absolute Gasteiger partial charge is 0.430 e. The lowest BCUT2D eigenvalue weighted by Gasteiger charge is -2.32. The summed E-state index contributed by atoms with van der Waals surface area (Å²) in [6.45, 7) is 2.67. The molecule has 2 atom stereocenters. The molecule has 0 saturated carbocycles. The molecule has 21 heavy (non-hydrogen) atoms. The molecule has 0 radical (unpaired) electrons. The number of amides is 1. The number of alkyl halides is 1. The Morgan fingerprint density at radius 1 is 1.52 bits per heavy atom. The highest BCUT2D eigenvalue weighted by Crippen LogP contribution is 2.24. The number of halogens is 1. The van der Waals surface area contributed by atoms with E-state index in [9.17, 15) is 14.9 Å². The highest BCUT2D eigenvalue weighted by atomic mass is 35.5. The van der Waals surface area contributed by atoms with Gasteiger partial charge in [0, 0.05) is 18.7 Å². The van der Waals surface area contributed by atoms with Gasteiger partial charge in [0.2, 0.25) is 0 Å². The van der Waals surface area contributed by atoms with E-state index in [0.717, 1.165) is 5.56 Å². The van der Waals surface area contributed by atoms with Gasteiger partial charge >= 0.3 is 6.09 Å². The van der Waals surface area contributed by atoms with Gasteiger partial charge < -0.3 is 14.4 Å². The van der Waals surface area contributed by atoms with Crippen molar-refractivity contribution in [3.63, 3.8) is 0 Å². The Kier molecular flexibility index (Phi) is 4.98. The fourth-order valence-corrected chi connectivity index (χ4v) is 2.12. The maximum Gasteiger partial charge on any atom is 0.411 e. The van der Waals surface area contributed by atoms with Gasteiger partial charge in [0.15, 0.2) is 5.56 Å². The average molecular weight is 315 g/mol. The van der Waals surface area contributed by atoms with Crippen LogP contribution in [-0.2, 0) is 9.47 Å². The molecule has 1 saturated heterocycles. The van der Waals surface area contributed by atoms with Crippen molar-refractivity contribution in [1.82, 2.24) is 4.90 Å². The van der Waals surface area contributed by atoms with E-state index in [1.807, 2.05) is 0 Å². The smallest absolute Gasteiger partial charge is 0.411 e. The van der Waals surface area contributed by atoms with Gasteiger partial charge in [0.25, 0.3) is 5.69 Å². The summed E-state index contributed by atoms with van der Waals surface area (Å²) in [5.41, 5.74) is 0.0944. The fraction of sp³-hybridized carbons (Fsp3) is 0.462. The van der Waals surface area contributed by atoms with Crippen molar-refractivity contribution in [2.75, 3.05) is 19.7 Å². The third-order valence-corrected chi connectivity index (χ3v) is 3.15. The van der Waals surface area contributed by atoms with Crippen molar-refractivity contribution in [2.45, 2.75) is 18.6 Å². The molecule has 1 unspecified atom stereocenters. The van der Waals surface area contributed by atoms with Crippen LogP contribution in [0.1, 0.15) is 18.6 Å². The molecule has 1 aliphatic heterocycles. The number of hydrogen-bond donors (Lipinski definition) is 0. The Hall–Kier alpha value is -1.86. The van der Waals surface area contributed by atoms with Gasteiger partial charge in [-0.05, 0) is 24.6 Å². The molecule has 1 fully saturated rings. The van der Waals surface area contributed by atoms with E-state index in [1.54, 1.807) is 19.1 Å². The van der Waals surface area contributed by atoms with Crippen LogP contribution in [-0.4, -0.2) is 41.2 Å². The van der Waals surface area contributed by atoms with Gasteiger partial charge in [-0.25, -0.2) is 4.79 Å². The monoisotopic (exact) mass is 314 g/mol. The van der Waals surface area contributed by atoms with Gasteiger partial charge in [-0.1, -0.05) is 11.6 Å². The normalized spacial score (nSPS) is 19.9. The highest BCUT2D eigenvalue weighted by Gasteiger charge is 2.27. The van der Waals surface area contributed by atoms with E-state index in [4.69, 9.17) is 21.1 Å². The molecule has 114 valence electrons. The first kappa shape index (κ1) is 15.5. The minimum atomic E-state index is -0.696. The molecule has 0 N–H and O–H groups in total. The maximum absolute atomic E-state index is 11.8. The molecule has 0 spiro atoms. The van der Waals surface area contributed by atoms with Crippen LogP contribution in [0.4, 0.5) is 10.5 Å². The van der Waals surface area contributed by atoms with E-state index in [2.05, 4.69) is 0 Å². The molecule has 2 rings (SSSR count). The molecule has 1 amide bonds. The number of benzene rings is 1. The zero-order chi connectivity index (χ0) is 15.4. The number of non-ortho nitro benzene ring substituents is 1. The molecule has 1 aromatic carbocycles. The van der Waals surface area contributed by atoms with Crippen LogP contribution in [0.3, 0.4) is 0 Å². The zero-order valence-electron chi connectivity index (χ0n) is 11.4. The third kappa shape index (κ3) is 4.05. The number of nitro groups is 1. The van der Waals surface area contributed by atoms with Crippen molar-refractivity contribution in [3.05, 3.63) is 39.9 Å². The van der Waals surface area contributed by atoms with Crippen molar-refractivity contribution in [3.8, 4) is 0 Å². The number of hydrogen-bond acceptors (Lipinski definition) is 5. The number of carbonyl (C=O) groups excluding carboxylic acids is 1. The van der Waals surface area contributed by atoms with E-state index in [-0.39, 0.29) is 11.8 Å². The number of carbonyl (C=O) groups is 1. The minimum Gasteiger partial charge on any atom is -0.430 e. The van der Waals surface area contributed by atoms with E-state index >= 15 is 0 Å². The number of nitro benzene ring substituents is 1. The molecule has 0 bridgehead atoms. The van der Waals surface area contributed by atoms with Crippen LogP contribution in [0.25, 0.3) is 0 Å². The molecule has 1 aromatic rings. The predicted octanol–water partition coefficient (Wildman–Crippen LogP) is 2.69. The van der Waals surface area contributed by atoms with Crippen LogP contribution in [0, 0.1) is 10.1 Å². The van der Waals surface area contributed by atoms with Crippen molar-refractivity contribution >= 4 is 23.4 Å². The highest BCUT2D eigenvalue weighted by molar-refractivity contribution is 6.19. The summed E-state index contributed by atoms with van der Waals surface area (Å²) < 4.78 is 10.5. The lowest BCUT2D eigenvalue weighted by Crippen LogP contribution is -2.43. The van der Waals surface area contributed by atoms with E-state index in [1.165, 1.54) is 17.0 Å². The van der Waals surface area contributed by atoms with Gasteiger partial charge in [-0.3, -0.25) is 10.1 Å². The summed E-state index contributed by atoms with van der Waals surface area (Å²) in [5, 5.41) is 10.6. The molecule has 1 heterocycles. The number of rotatable bonds is 3. The predicted molar refractivity (Wildman–Crippen MR) is 75.2 cm³/mol. The summed E-state index contributed by atoms with van der Waals surface area (Å²) in [5.74, 6) is 0. The van der Waals surface area contributed by atoms with Crippen LogP contribution in [0.15, 0.2) is 24.3 Å². The van der Waals surface area contributed by atoms with Gasteiger partial charge in [0.05, 0.1) is 18.1 Å². The third-order valence-electron chi connectivity index (χ3n) is 3.06. The standard InChI is InChI=1S/C13H15ClN2O5/c1-9(14)21-13(17)15-6-7-20-12(8-15)10-2-4-11(5-3-10)16(18)19/h2-5,9,12H,6-8H2,1H3/t9?,12-/m0/s1. The second kappa shape index (κ2) is 6.73. The van der Waals surface area contributed by atoms with Crippen LogP contribution in [0.2, 0.25) is 0 Å². The molecule has 1 aliphatic rings. The summed E-state index contributed by atoms with van der Waals surface area (Å²) in [7, 11) is 0. The van der Waals surface area contributed by atoms with E-state index < -0.39 is 16.6 Å². The fourth-order valence-electron chi connectivity index (χ4n) is 2.04. The maximum atomic E-state index is 11.8.